The van der Waals surface area contributed by atoms with Gasteiger partial charge in [0, 0.05) is 6.20 Å². The van der Waals surface area contributed by atoms with Gasteiger partial charge in [-0.2, -0.15) is 4.39 Å². The van der Waals surface area contributed by atoms with Gasteiger partial charge in [-0.15, -0.1) is 0 Å². The largest absolute Gasteiger partial charge is 0.462 e. The zero-order chi connectivity index (χ0) is 12.2. The predicted molar refractivity (Wildman–Crippen MR) is 58.5 cm³/mol. The second-order valence-corrected chi connectivity index (χ2v) is 4.79. The van der Waals surface area contributed by atoms with Crippen LogP contribution in [0.25, 0.3) is 0 Å². The van der Waals surface area contributed by atoms with Crippen molar-refractivity contribution in [2.45, 2.75) is 27.2 Å². The molecule has 4 heteroatoms. The Labute approximate surface area is 94.6 Å². The molecule has 16 heavy (non-hydrogen) atoms. The highest BCUT2D eigenvalue weighted by Gasteiger charge is 2.15. The molecular weight excluding hydrogens is 209 g/mol. The average molecular weight is 225 g/mol. The van der Waals surface area contributed by atoms with Crippen LogP contribution in [0.2, 0.25) is 0 Å². The highest BCUT2D eigenvalue weighted by atomic mass is 19.1. The lowest BCUT2D eigenvalue weighted by Gasteiger charge is -2.17. The van der Waals surface area contributed by atoms with Crippen molar-refractivity contribution in [3.8, 4) is 0 Å². The Bertz CT molecular complexity index is 372. The lowest BCUT2D eigenvalue weighted by atomic mass is 9.93. The molecule has 0 saturated heterocycles. The topological polar surface area (TPSA) is 39.2 Å². The standard InChI is InChI=1S/C12H16FNO2/c1-12(2,3)6-8-16-11(15)9-5-4-7-14-10(9)13/h4-5,7H,6,8H2,1-3H3. The van der Waals surface area contributed by atoms with Gasteiger partial charge in [-0.25, -0.2) is 9.78 Å². The number of hydrogen-bond acceptors (Lipinski definition) is 3. The number of nitrogens with zero attached hydrogens (tertiary/aromatic N) is 1. The molecule has 0 atom stereocenters. The molecule has 0 spiro atoms. The number of aromatic nitrogens is 1. The van der Waals surface area contributed by atoms with Gasteiger partial charge in [-0.05, 0) is 24.0 Å². The first-order valence-electron chi connectivity index (χ1n) is 5.18. The normalized spacial score (nSPS) is 11.2. The van der Waals surface area contributed by atoms with E-state index >= 15 is 0 Å². The molecule has 0 aliphatic heterocycles. The molecule has 88 valence electrons. The van der Waals surface area contributed by atoms with E-state index in [0.29, 0.717) is 0 Å². The van der Waals surface area contributed by atoms with Crippen LogP contribution in [0.4, 0.5) is 4.39 Å². The molecule has 1 aromatic heterocycles. The van der Waals surface area contributed by atoms with Gasteiger partial charge < -0.3 is 4.74 Å². The van der Waals surface area contributed by atoms with E-state index in [2.05, 4.69) is 4.98 Å². The summed E-state index contributed by atoms with van der Waals surface area (Å²) in [6.45, 7) is 6.43. The zero-order valence-electron chi connectivity index (χ0n) is 9.79. The Morgan fingerprint density at radius 1 is 1.50 bits per heavy atom. The van der Waals surface area contributed by atoms with Gasteiger partial charge >= 0.3 is 5.97 Å². The van der Waals surface area contributed by atoms with Crippen LogP contribution in [0.1, 0.15) is 37.6 Å². The fraction of sp³-hybridized carbons (Fsp3) is 0.500. The number of ether oxygens (including phenoxy) is 1. The Kier molecular flexibility index (Phi) is 3.99. The smallest absolute Gasteiger partial charge is 0.342 e. The van der Waals surface area contributed by atoms with E-state index in [9.17, 15) is 9.18 Å². The van der Waals surface area contributed by atoms with Crippen molar-refractivity contribution in [3.63, 3.8) is 0 Å². The molecular formula is C12H16FNO2. The second kappa shape index (κ2) is 5.05. The Hall–Kier alpha value is -1.45. The van der Waals surface area contributed by atoms with Crippen molar-refractivity contribution in [1.82, 2.24) is 4.98 Å². The molecule has 0 N–H and O–H groups in total. The Morgan fingerprint density at radius 3 is 2.75 bits per heavy atom. The number of pyridine rings is 1. The number of carbonyl (C=O) groups is 1. The van der Waals surface area contributed by atoms with Crippen molar-refractivity contribution in [1.29, 1.82) is 0 Å². The molecule has 0 bridgehead atoms. The van der Waals surface area contributed by atoms with E-state index in [1.165, 1.54) is 18.3 Å². The van der Waals surface area contributed by atoms with Gasteiger partial charge in [-0.1, -0.05) is 20.8 Å². The van der Waals surface area contributed by atoms with E-state index in [-0.39, 0.29) is 17.6 Å². The lowest BCUT2D eigenvalue weighted by molar-refractivity contribution is 0.0458. The summed E-state index contributed by atoms with van der Waals surface area (Å²) >= 11 is 0. The molecule has 0 radical (unpaired) electrons. The van der Waals surface area contributed by atoms with E-state index in [4.69, 9.17) is 4.74 Å². The first-order chi connectivity index (χ1) is 7.40. The summed E-state index contributed by atoms with van der Waals surface area (Å²) in [5.41, 5.74) is -0.0234. The van der Waals surface area contributed by atoms with Crippen LogP contribution >= 0.6 is 0 Å². The lowest BCUT2D eigenvalue weighted by Crippen LogP contribution is -2.14. The van der Waals surface area contributed by atoms with E-state index < -0.39 is 11.9 Å². The highest BCUT2D eigenvalue weighted by molar-refractivity contribution is 5.89. The molecule has 0 aliphatic rings. The molecule has 1 rings (SSSR count). The molecule has 0 amide bonds. The summed E-state index contributed by atoms with van der Waals surface area (Å²) in [6.07, 6.45) is 2.03. The molecule has 1 aromatic rings. The summed E-state index contributed by atoms with van der Waals surface area (Å²) in [7, 11) is 0. The van der Waals surface area contributed by atoms with Crippen LogP contribution in [-0.2, 0) is 4.74 Å². The summed E-state index contributed by atoms with van der Waals surface area (Å²) in [4.78, 5) is 14.8. The van der Waals surface area contributed by atoms with Crippen LogP contribution in [-0.4, -0.2) is 17.6 Å². The quantitative estimate of drug-likeness (QED) is 0.586. The molecule has 1 heterocycles. The average Bonchev–Trinajstić information content (AvgIpc) is 2.16. The third kappa shape index (κ3) is 3.96. The maximum absolute atomic E-state index is 13.1. The minimum absolute atomic E-state index is 0.0910. The summed E-state index contributed by atoms with van der Waals surface area (Å²) in [6, 6.07) is 2.87. The van der Waals surface area contributed by atoms with Crippen molar-refractivity contribution in [2.24, 2.45) is 5.41 Å². The summed E-state index contributed by atoms with van der Waals surface area (Å²) < 4.78 is 18.1. The number of halogens is 1. The number of rotatable bonds is 3. The van der Waals surface area contributed by atoms with Gasteiger partial charge in [0.15, 0.2) is 0 Å². The van der Waals surface area contributed by atoms with Crippen molar-refractivity contribution >= 4 is 5.97 Å². The Morgan fingerprint density at radius 2 is 2.19 bits per heavy atom. The van der Waals surface area contributed by atoms with E-state index in [1.54, 1.807) is 0 Å². The fourth-order valence-corrected chi connectivity index (χ4v) is 1.07. The summed E-state index contributed by atoms with van der Waals surface area (Å²) in [5.74, 6) is -1.45. The maximum atomic E-state index is 13.1. The van der Waals surface area contributed by atoms with Crippen molar-refractivity contribution in [2.75, 3.05) is 6.61 Å². The minimum Gasteiger partial charge on any atom is -0.462 e. The van der Waals surface area contributed by atoms with Gasteiger partial charge in [0.25, 0.3) is 0 Å². The first-order valence-corrected chi connectivity index (χ1v) is 5.18. The number of esters is 1. The SMILES string of the molecule is CC(C)(C)CCOC(=O)c1cccnc1F. The Balaban J connectivity index is 2.51. The van der Waals surface area contributed by atoms with Crippen molar-refractivity contribution in [3.05, 3.63) is 29.8 Å². The maximum Gasteiger partial charge on any atom is 0.342 e. The number of carbonyl (C=O) groups excluding carboxylic acids is 1. The van der Waals surface area contributed by atoms with Crippen LogP contribution in [0.3, 0.4) is 0 Å². The first kappa shape index (κ1) is 12.6. The van der Waals surface area contributed by atoms with Crippen LogP contribution in [0.15, 0.2) is 18.3 Å². The molecule has 0 fully saturated rings. The number of hydrogen-bond donors (Lipinski definition) is 0. The monoisotopic (exact) mass is 225 g/mol. The van der Waals surface area contributed by atoms with E-state index in [1.807, 2.05) is 20.8 Å². The van der Waals surface area contributed by atoms with Crippen LogP contribution in [0.5, 0.6) is 0 Å². The zero-order valence-corrected chi connectivity index (χ0v) is 9.79. The van der Waals surface area contributed by atoms with Gasteiger partial charge in [-0.3, -0.25) is 0 Å². The van der Waals surface area contributed by atoms with Gasteiger partial charge in [0.2, 0.25) is 5.95 Å². The van der Waals surface area contributed by atoms with Gasteiger partial charge in [0.05, 0.1) is 6.61 Å². The predicted octanol–water partition coefficient (Wildman–Crippen LogP) is 2.81. The van der Waals surface area contributed by atoms with E-state index in [0.717, 1.165) is 6.42 Å². The molecule has 3 nitrogen and oxygen atoms in total. The van der Waals surface area contributed by atoms with Crippen LogP contribution < -0.4 is 0 Å². The third-order valence-electron chi connectivity index (χ3n) is 2.06. The third-order valence-corrected chi connectivity index (χ3v) is 2.06. The second-order valence-electron chi connectivity index (χ2n) is 4.79. The highest BCUT2D eigenvalue weighted by Crippen LogP contribution is 2.18. The molecule has 0 unspecified atom stereocenters. The summed E-state index contributed by atoms with van der Waals surface area (Å²) in [5, 5.41) is 0. The molecule has 0 aromatic carbocycles. The van der Waals surface area contributed by atoms with Gasteiger partial charge in [0.1, 0.15) is 5.56 Å². The molecule has 0 aliphatic carbocycles. The fourth-order valence-electron chi connectivity index (χ4n) is 1.07. The molecule has 0 saturated carbocycles. The minimum atomic E-state index is -0.789. The van der Waals surface area contributed by atoms with Crippen molar-refractivity contribution < 1.29 is 13.9 Å². The van der Waals surface area contributed by atoms with Crippen LogP contribution in [0, 0.1) is 11.4 Å².